The zero-order valence-electron chi connectivity index (χ0n) is 10.6. The van der Waals surface area contributed by atoms with Gasteiger partial charge < -0.3 is 0 Å². The predicted molar refractivity (Wildman–Crippen MR) is 66.0 cm³/mol. The van der Waals surface area contributed by atoms with Gasteiger partial charge in [0, 0.05) is 23.9 Å². The summed E-state index contributed by atoms with van der Waals surface area (Å²) in [7, 11) is 0. The van der Waals surface area contributed by atoms with E-state index in [1.807, 2.05) is 6.92 Å². The molecule has 5 heteroatoms. The van der Waals surface area contributed by atoms with Gasteiger partial charge in [-0.05, 0) is 26.8 Å². The summed E-state index contributed by atoms with van der Waals surface area (Å²) in [5.41, 5.74) is 2.86. The first-order valence-electron chi connectivity index (χ1n) is 5.73. The second-order valence-corrected chi connectivity index (χ2v) is 4.08. The number of hydrogen-bond donors (Lipinski definition) is 0. The summed E-state index contributed by atoms with van der Waals surface area (Å²) in [5, 5.41) is 4.17. The van der Waals surface area contributed by atoms with E-state index in [-0.39, 0.29) is 5.82 Å². The van der Waals surface area contributed by atoms with E-state index in [0.29, 0.717) is 29.8 Å². The lowest BCUT2D eigenvalue weighted by Crippen LogP contribution is -2.01. The van der Waals surface area contributed by atoms with Gasteiger partial charge >= 0.3 is 0 Å². The summed E-state index contributed by atoms with van der Waals surface area (Å²) >= 11 is 0. The molecule has 0 aliphatic heterocycles. The minimum absolute atomic E-state index is 0.356. The van der Waals surface area contributed by atoms with Crippen LogP contribution in [-0.2, 0) is 6.54 Å². The Morgan fingerprint density at radius 2 is 2.17 bits per heavy atom. The number of hydrogen-bond acceptors (Lipinski definition) is 3. The van der Waals surface area contributed by atoms with Gasteiger partial charge in [-0.3, -0.25) is 14.5 Å². The molecule has 0 amide bonds. The molecule has 0 aromatic carbocycles. The van der Waals surface area contributed by atoms with Crippen molar-refractivity contribution in [3.8, 4) is 11.3 Å². The SMILES string of the molecule is CCn1nc(C=O)c(C)c1-c1cnc(C)c(F)c1. The van der Waals surface area contributed by atoms with Crippen molar-refractivity contribution >= 4 is 6.29 Å². The Morgan fingerprint density at radius 1 is 1.44 bits per heavy atom. The maximum absolute atomic E-state index is 13.6. The molecule has 18 heavy (non-hydrogen) atoms. The van der Waals surface area contributed by atoms with Gasteiger partial charge in [0.05, 0.1) is 11.4 Å². The molecule has 0 spiro atoms. The van der Waals surface area contributed by atoms with E-state index >= 15 is 0 Å². The van der Waals surface area contributed by atoms with Gasteiger partial charge in [0.2, 0.25) is 0 Å². The molecule has 0 radical (unpaired) electrons. The normalized spacial score (nSPS) is 10.7. The number of aromatic nitrogens is 3. The molecule has 0 bridgehead atoms. The van der Waals surface area contributed by atoms with Crippen molar-refractivity contribution < 1.29 is 9.18 Å². The average molecular weight is 247 g/mol. The van der Waals surface area contributed by atoms with Crippen LogP contribution in [0.25, 0.3) is 11.3 Å². The van der Waals surface area contributed by atoms with Crippen molar-refractivity contribution in [2.75, 3.05) is 0 Å². The maximum Gasteiger partial charge on any atom is 0.170 e. The third kappa shape index (κ3) is 1.92. The van der Waals surface area contributed by atoms with Crippen molar-refractivity contribution in [2.24, 2.45) is 0 Å². The Bertz CT molecular complexity index is 605. The van der Waals surface area contributed by atoms with E-state index in [2.05, 4.69) is 10.1 Å². The van der Waals surface area contributed by atoms with E-state index in [1.165, 1.54) is 6.07 Å². The van der Waals surface area contributed by atoms with Gasteiger partial charge in [0.25, 0.3) is 0 Å². The fourth-order valence-corrected chi connectivity index (χ4v) is 1.91. The summed E-state index contributed by atoms with van der Waals surface area (Å²) in [6.45, 7) is 5.94. The number of aryl methyl sites for hydroxylation is 2. The van der Waals surface area contributed by atoms with Gasteiger partial charge in [-0.2, -0.15) is 5.10 Å². The van der Waals surface area contributed by atoms with Crippen LogP contribution in [0.3, 0.4) is 0 Å². The lowest BCUT2D eigenvalue weighted by molar-refractivity contribution is 0.111. The van der Waals surface area contributed by atoms with Crippen LogP contribution in [0.15, 0.2) is 12.3 Å². The summed E-state index contributed by atoms with van der Waals surface area (Å²) in [6, 6.07) is 1.42. The Balaban J connectivity index is 2.65. The van der Waals surface area contributed by atoms with E-state index in [0.717, 1.165) is 11.3 Å². The van der Waals surface area contributed by atoms with Crippen molar-refractivity contribution in [3.63, 3.8) is 0 Å². The van der Waals surface area contributed by atoms with Gasteiger partial charge in [-0.15, -0.1) is 0 Å². The lowest BCUT2D eigenvalue weighted by Gasteiger charge is -2.06. The molecule has 0 aliphatic rings. The molecule has 0 atom stereocenters. The third-order valence-corrected chi connectivity index (χ3v) is 2.94. The second kappa shape index (κ2) is 4.68. The molecule has 0 N–H and O–H groups in total. The van der Waals surface area contributed by atoms with Crippen LogP contribution in [0.4, 0.5) is 4.39 Å². The number of carbonyl (C=O) groups is 1. The van der Waals surface area contributed by atoms with Gasteiger partial charge in [-0.25, -0.2) is 4.39 Å². The number of halogens is 1. The van der Waals surface area contributed by atoms with Crippen LogP contribution >= 0.6 is 0 Å². The quantitative estimate of drug-likeness (QED) is 0.783. The highest BCUT2D eigenvalue weighted by molar-refractivity contribution is 5.79. The highest BCUT2D eigenvalue weighted by Crippen LogP contribution is 2.25. The number of rotatable bonds is 3. The smallest absolute Gasteiger partial charge is 0.170 e. The molecule has 94 valence electrons. The second-order valence-electron chi connectivity index (χ2n) is 4.08. The molecule has 2 rings (SSSR count). The largest absolute Gasteiger partial charge is 0.296 e. The summed E-state index contributed by atoms with van der Waals surface area (Å²) in [4.78, 5) is 14.9. The van der Waals surface area contributed by atoms with Crippen LogP contribution in [0, 0.1) is 19.7 Å². The number of aldehydes is 1. The van der Waals surface area contributed by atoms with E-state index < -0.39 is 0 Å². The average Bonchev–Trinajstić information content (AvgIpc) is 2.69. The standard InChI is InChI=1S/C13H14FN3O/c1-4-17-13(8(2)12(7-18)16-17)10-5-11(14)9(3)15-6-10/h5-7H,4H2,1-3H3. The molecule has 2 aromatic rings. The molecule has 0 saturated heterocycles. The zero-order chi connectivity index (χ0) is 13.3. The summed E-state index contributed by atoms with van der Waals surface area (Å²) in [6.07, 6.45) is 2.31. The highest BCUT2D eigenvalue weighted by atomic mass is 19.1. The topological polar surface area (TPSA) is 47.8 Å². The minimum atomic E-state index is -0.358. The van der Waals surface area contributed by atoms with E-state index in [1.54, 1.807) is 24.7 Å². The first-order chi connectivity index (χ1) is 8.58. The molecule has 4 nitrogen and oxygen atoms in total. The van der Waals surface area contributed by atoms with Crippen LogP contribution in [-0.4, -0.2) is 21.1 Å². The number of nitrogens with zero attached hydrogens (tertiary/aromatic N) is 3. The van der Waals surface area contributed by atoms with Gasteiger partial charge in [0.15, 0.2) is 6.29 Å². The monoisotopic (exact) mass is 247 g/mol. The molecule has 2 aromatic heterocycles. The Morgan fingerprint density at radius 3 is 2.72 bits per heavy atom. The summed E-state index contributed by atoms with van der Waals surface area (Å²) < 4.78 is 15.2. The van der Waals surface area contributed by atoms with Crippen LogP contribution < -0.4 is 0 Å². The summed E-state index contributed by atoms with van der Waals surface area (Å²) in [5.74, 6) is -0.358. The third-order valence-electron chi connectivity index (χ3n) is 2.94. The fraction of sp³-hybridized carbons (Fsp3) is 0.308. The van der Waals surface area contributed by atoms with Crippen molar-refractivity contribution in [3.05, 3.63) is 35.0 Å². The van der Waals surface area contributed by atoms with Gasteiger partial charge in [-0.1, -0.05) is 0 Å². The number of carbonyl (C=O) groups excluding carboxylic acids is 1. The van der Waals surface area contributed by atoms with Crippen LogP contribution in [0.2, 0.25) is 0 Å². The zero-order valence-corrected chi connectivity index (χ0v) is 10.6. The fourth-order valence-electron chi connectivity index (χ4n) is 1.91. The molecule has 0 fully saturated rings. The van der Waals surface area contributed by atoms with Gasteiger partial charge in [0.1, 0.15) is 11.5 Å². The van der Waals surface area contributed by atoms with E-state index in [4.69, 9.17) is 0 Å². The predicted octanol–water partition coefficient (Wildman–Crippen LogP) is 2.53. The Kier molecular flexibility index (Phi) is 3.23. The molecule has 0 aliphatic carbocycles. The molecular formula is C13H14FN3O. The molecule has 0 saturated carbocycles. The van der Waals surface area contributed by atoms with Crippen molar-refractivity contribution in [1.29, 1.82) is 0 Å². The first kappa shape index (κ1) is 12.4. The minimum Gasteiger partial charge on any atom is -0.296 e. The van der Waals surface area contributed by atoms with E-state index in [9.17, 15) is 9.18 Å². The van der Waals surface area contributed by atoms with Crippen molar-refractivity contribution in [1.82, 2.24) is 14.8 Å². The Labute approximate surface area is 104 Å². The van der Waals surface area contributed by atoms with Crippen molar-refractivity contribution in [2.45, 2.75) is 27.3 Å². The highest BCUT2D eigenvalue weighted by Gasteiger charge is 2.16. The Hall–Kier alpha value is -2.04. The lowest BCUT2D eigenvalue weighted by atomic mass is 10.1. The molecule has 2 heterocycles. The number of pyridine rings is 1. The maximum atomic E-state index is 13.6. The van der Waals surface area contributed by atoms with Crippen LogP contribution in [0.5, 0.6) is 0 Å². The molecule has 0 unspecified atom stereocenters. The van der Waals surface area contributed by atoms with Crippen LogP contribution in [0.1, 0.15) is 28.7 Å². The molecular weight excluding hydrogens is 233 g/mol. The first-order valence-corrected chi connectivity index (χ1v) is 5.73.